The Morgan fingerprint density at radius 1 is 1.21 bits per heavy atom. The maximum absolute atomic E-state index is 12.5. The molecule has 0 unspecified atom stereocenters. The molecule has 0 heterocycles. The molecule has 0 fully saturated rings. The normalized spacial score (nSPS) is 10.4. The van der Waals surface area contributed by atoms with Gasteiger partial charge in [0.05, 0.1) is 7.11 Å². The molecule has 6 heteroatoms. The monoisotopic (exact) mass is 487 g/mol. The van der Waals surface area contributed by atoms with E-state index in [1.807, 2.05) is 32.0 Å². The number of amides is 1. The Kier molecular flexibility index (Phi) is 6.51. The van der Waals surface area contributed by atoms with Crippen LogP contribution in [0.4, 0.5) is 0 Å². The number of methoxy groups -OCH3 is 1. The van der Waals surface area contributed by atoms with E-state index in [2.05, 4.69) is 49.9 Å². The average Bonchev–Trinajstić information content (AvgIpc) is 2.33. The summed E-state index contributed by atoms with van der Waals surface area (Å²) in [7, 11) is 1.32. The summed E-state index contributed by atoms with van der Waals surface area (Å²) in [4.78, 5) is 25.3. The Morgan fingerprint density at radius 2 is 1.74 bits per heavy atom. The first-order valence-corrected chi connectivity index (χ1v) is 7.84. The molecule has 0 aromatic heterocycles. The van der Waals surface area contributed by atoms with Gasteiger partial charge in [0.25, 0.3) is 5.91 Å². The Labute approximate surface area is 140 Å². The number of hydrogen-bond acceptors (Lipinski definition) is 3. The van der Waals surface area contributed by atoms with Crippen LogP contribution in [0.3, 0.4) is 0 Å². The van der Waals surface area contributed by atoms with Gasteiger partial charge in [-0.2, -0.15) is 0 Å². The van der Waals surface area contributed by atoms with Gasteiger partial charge in [0.15, 0.2) is 0 Å². The summed E-state index contributed by atoms with van der Waals surface area (Å²) in [6.07, 6.45) is 0. The van der Waals surface area contributed by atoms with Gasteiger partial charge in [-0.15, -0.1) is 0 Å². The number of benzene rings is 1. The van der Waals surface area contributed by atoms with E-state index in [0.29, 0.717) is 5.56 Å². The molecule has 4 nitrogen and oxygen atoms in total. The molecule has 0 aliphatic rings. The highest BCUT2D eigenvalue weighted by molar-refractivity contribution is 14.1. The van der Waals surface area contributed by atoms with Crippen LogP contribution in [0.25, 0.3) is 0 Å². The van der Waals surface area contributed by atoms with Gasteiger partial charge in [-0.05, 0) is 77.2 Å². The van der Waals surface area contributed by atoms with Crippen LogP contribution in [0.5, 0.6) is 0 Å². The van der Waals surface area contributed by atoms with Gasteiger partial charge in [0.1, 0.15) is 6.54 Å². The molecule has 0 aliphatic heterocycles. The molecule has 0 atom stereocenters. The summed E-state index contributed by atoms with van der Waals surface area (Å²) in [5, 5.41) is 0. The smallest absolute Gasteiger partial charge is 0.325 e. The Hall–Kier alpha value is -0.380. The maximum atomic E-state index is 12.5. The van der Waals surface area contributed by atoms with Crippen molar-refractivity contribution in [2.45, 2.75) is 19.9 Å². The highest BCUT2D eigenvalue weighted by Gasteiger charge is 2.22. The minimum absolute atomic E-state index is 0.0327. The largest absolute Gasteiger partial charge is 0.468 e. The predicted molar refractivity (Wildman–Crippen MR) is 90.1 cm³/mol. The standard InChI is InChI=1S/C13H15I2NO3/c1-8(2)16(7-12(17)19-3)13(18)9-4-10(14)6-11(15)5-9/h4-6,8H,7H2,1-3H3. The van der Waals surface area contributed by atoms with Crippen LogP contribution in [-0.2, 0) is 9.53 Å². The number of halogens is 2. The van der Waals surface area contributed by atoms with Crippen molar-refractivity contribution in [3.05, 3.63) is 30.9 Å². The fourth-order valence-electron chi connectivity index (χ4n) is 1.54. The molecule has 1 aromatic carbocycles. The molecular weight excluding hydrogens is 472 g/mol. The van der Waals surface area contributed by atoms with E-state index in [1.165, 1.54) is 12.0 Å². The second-order valence-corrected chi connectivity index (χ2v) is 6.75. The number of rotatable bonds is 4. The van der Waals surface area contributed by atoms with Crippen molar-refractivity contribution < 1.29 is 14.3 Å². The third kappa shape index (κ3) is 4.90. The summed E-state index contributed by atoms with van der Waals surface area (Å²) < 4.78 is 6.62. The Morgan fingerprint density at radius 3 is 2.16 bits per heavy atom. The number of esters is 1. The lowest BCUT2D eigenvalue weighted by molar-refractivity contribution is -0.141. The number of nitrogens with zero attached hydrogens (tertiary/aromatic N) is 1. The zero-order valence-electron chi connectivity index (χ0n) is 10.9. The second-order valence-electron chi connectivity index (χ2n) is 4.26. The third-order valence-electron chi connectivity index (χ3n) is 2.52. The SMILES string of the molecule is COC(=O)CN(C(=O)c1cc(I)cc(I)c1)C(C)C. The van der Waals surface area contributed by atoms with Crippen LogP contribution < -0.4 is 0 Å². The molecule has 0 saturated heterocycles. The fourth-order valence-corrected chi connectivity index (χ4v) is 3.47. The highest BCUT2D eigenvalue weighted by Crippen LogP contribution is 2.17. The van der Waals surface area contributed by atoms with E-state index in [0.717, 1.165) is 7.14 Å². The van der Waals surface area contributed by atoms with Gasteiger partial charge in [0.2, 0.25) is 0 Å². The first-order valence-electron chi connectivity index (χ1n) is 5.69. The molecule has 1 amide bonds. The zero-order valence-corrected chi connectivity index (χ0v) is 15.3. The predicted octanol–water partition coefficient (Wildman–Crippen LogP) is 2.92. The van der Waals surface area contributed by atoms with Gasteiger partial charge in [-0.3, -0.25) is 9.59 Å². The fraction of sp³-hybridized carbons (Fsp3) is 0.385. The van der Waals surface area contributed by atoms with Crippen molar-refractivity contribution >= 4 is 57.1 Å². The molecular formula is C13H15I2NO3. The van der Waals surface area contributed by atoms with Crippen molar-refractivity contribution in [1.29, 1.82) is 0 Å². The molecule has 0 radical (unpaired) electrons. The zero-order chi connectivity index (χ0) is 14.6. The first kappa shape index (κ1) is 16.7. The van der Waals surface area contributed by atoms with Crippen molar-refractivity contribution in [3.8, 4) is 0 Å². The van der Waals surface area contributed by atoms with Gasteiger partial charge < -0.3 is 9.64 Å². The maximum Gasteiger partial charge on any atom is 0.325 e. The Balaban J connectivity index is 3.02. The molecule has 0 spiro atoms. The molecule has 0 N–H and O–H groups in total. The van der Waals surface area contributed by atoms with Crippen molar-refractivity contribution in [2.24, 2.45) is 0 Å². The molecule has 104 valence electrons. The van der Waals surface area contributed by atoms with Crippen LogP contribution >= 0.6 is 45.2 Å². The molecule has 19 heavy (non-hydrogen) atoms. The van der Waals surface area contributed by atoms with E-state index >= 15 is 0 Å². The van der Waals surface area contributed by atoms with Crippen molar-refractivity contribution in [2.75, 3.05) is 13.7 Å². The number of carbonyl (C=O) groups excluding carboxylic acids is 2. The molecule has 0 saturated carbocycles. The van der Waals surface area contributed by atoms with E-state index in [-0.39, 0.29) is 18.5 Å². The summed E-state index contributed by atoms with van der Waals surface area (Å²) in [6, 6.07) is 5.55. The summed E-state index contributed by atoms with van der Waals surface area (Å²) in [5.41, 5.74) is 0.592. The summed E-state index contributed by atoms with van der Waals surface area (Å²) in [6.45, 7) is 3.72. The molecule has 1 rings (SSSR count). The lowest BCUT2D eigenvalue weighted by atomic mass is 10.1. The third-order valence-corrected chi connectivity index (χ3v) is 3.77. The van der Waals surface area contributed by atoms with E-state index in [4.69, 9.17) is 0 Å². The van der Waals surface area contributed by atoms with Crippen LogP contribution in [0.2, 0.25) is 0 Å². The van der Waals surface area contributed by atoms with E-state index in [1.54, 1.807) is 0 Å². The van der Waals surface area contributed by atoms with Crippen molar-refractivity contribution in [3.63, 3.8) is 0 Å². The topological polar surface area (TPSA) is 46.6 Å². The average molecular weight is 487 g/mol. The lowest BCUT2D eigenvalue weighted by Crippen LogP contribution is -2.41. The minimum Gasteiger partial charge on any atom is -0.468 e. The van der Waals surface area contributed by atoms with Gasteiger partial charge >= 0.3 is 5.97 Å². The first-order chi connectivity index (χ1) is 8.85. The summed E-state index contributed by atoms with van der Waals surface area (Å²) in [5.74, 6) is -0.570. The van der Waals surface area contributed by atoms with Crippen LogP contribution in [0.1, 0.15) is 24.2 Å². The number of ether oxygens (including phenoxy) is 1. The quantitative estimate of drug-likeness (QED) is 0.485. The Bertz CT molecular complexity index is 469. The van der Waals surface area contributed by atoms with Crippen LogP contribution in [0, 0.1) is 7.14 Å². The van der Waals surface area contributed by atoms with Gasteiger partial charge in [0, 0.05) is 18.7 Å². The summed E-state index contributed by atoms with van der Waals surface area (Å²) >= 11 is 4.34. The number of hydrogen-bond donors (Lipinski definition) is 0. The van der Waals surface area contributed by atoms with E-state index in [9.17, 15) is 9.59 Å². The van der Waals surface area contributed by atoms with E-state index < -0.39 is 5.97 Å². The highest BCUT2D eigenvalue weighted by atomic mass is 127. The van der Waals surface area contributed by atoms with Crippen molar-refractivity contribution in [1.82, 2.24) is 4.90 Å². The molecule has 1 aromatic rings. The van der Waals surface area contributed by atoms with Crippen LogP contribution in [0.15, 0.2) is 18.2 Å². The van der Waals surface area contributed by atoms with Crippen LogP contribution in [-0.4, -0.2) is 36.5 Å². The number of carbonyl (C=O) groups is 2. The lowest BCUT2D eigenvalue weighted by Gasteiger charge is -2.25. The minimum atomic E-state index is -0.414. The second kappa shape index (κ2) is 7.41. The van der Waals surface area contributed by atoms with Gasteiger partial charge in [-0.1, -0.05) is 0 Å². The molecule has 0 bridgehead atoms. The molecule has 0 aliphatic carbocycles. The van der Waals surface area contributed by atoms with Gasteiger partial charge in [-0.25, -0.2) is 0 Å².